The fraction of sp³-hybridized carbons (Fsp3) is 0.381. The van der Waals surface area contributed by atoms with Gasteiger partial charge in [-0.1, -0.05) is 0 Å². The molecular weight excluding hydrogens is 420 g/mol. The van der Waals surface area contributed by atoms with Gasteiger partial charge in [-0.05, 0) is 19.1 Å². The number of hydrogen-bond acceptors (Lipinski definition) is 6. The Bertz CT molecular complexity index is 1190. The fourth-order valence-electron chi connectivity index (χ4n) is 4.37. The molecule has 0 radical (unpaired) electrons. The second-order valence-corrected chi connectivity index (χ2v) is 8.07. The zero-order chi connectivity index (χ0) is 22.4. The van der Waals surface area contributed by atoms with Crippen molar-refractivity contribution < 1.29 is 18.4 Å². The number of benzene rings is 1. The van der Waals surface area contributed by atoms with Crippen LogP contribution in [-0.4, -0.2) is 69.0 Å². The summed E-state index contributed by atoms with van der Waals surface area (Å²) in [5.74, 6) is -1.09. The van der Waals surface area contributed by atoms with Crippen molar-refractivity contribution in [1.82, 2.24) is 24.5 Å². The molecule has 2 fully saturated rings. The predicted molar refractivity (Wildman–Crippen MR) is 111 cm³/mol. The second-order valence-electron chi connectivity index (χ2n) is 8.07. The molecule has 0 spiro atoms. The van der Waals surface area contributed by atoms with Crippen LogP contribution >= 0.6 is 0 Å². The highest BCUT2D eigenvalue weighted by Gasteiger charge is 2.38. The molecule has 2 aliphatic rings. The molecule has 5 rings (SSSR count). The van der Waals surface area contributed by atoms with E-state index in [4.69, 9.17) is 0 Å². The van der Waals surface area contributed by atoms with E-state index in [1.54, 1.807) is 9.42 Å². The largest absolute Gasteiger partial charge is 0.353 e. The monoisotopic (exact) mass is 441 g/mol. The van der Waals surface area contributed by atoms with Gasteiger partial charge in [-0.15, -0.1) is 0 Å². The van der Waals surface area contributed by atoms with Crippen LogP contribution in [-0.2, 0) is 9.59 Å². The lowest BCUT2D eigenvalue weighted by atomic mass is 10.1. The van der Waals surface area contributed by atoms with Crippen LogP contribution in [0.1, 0.15) is 12.1 Å². The molecule has 2 aromatic heterocycles. The Kier molecular flexibility index (Phi) is 4.95. The summed E-state index contributed by atoms with van der Waals surface area (Å²) in [5, 5.41) is 4.23. The molecule has 9 nitrogen and oxygen atoms in total. The Labute approximate surface area is 182 Å². The van der Waals surface area contributed by atoms with E-state index in [2.05, 4.69) is 20.0 Å². The Hall–Kier alpha value is -3.63. The van der Waals surface area contributed by atoms with Crippen LogP contribution < -0.4 is 9.80 Å². The van der Waals surface area contributed by atoms with Crippen molar-refractivity contribution in [3.8, 4) is 0 Å². The summed E-state index contributed by atoms with van der Waals surface area (Å²) < 4.78 is 28.8. The maximum atomic E-state index is 13.6. The first-order valence-corrected chi connectivity index (χ1v) is 10.4. The summed E-state index contributed by atoms with van der Waals surface area (Å²) in [7, 11) is 0. The van der Waals surface area contributed by atoms with Gasteiger partial charge in [-0.25, -0.2) is 13.8 Å². The molecule has 1 unspecified atom stereocenters. The van der Waals surface area contributed by atoms with Gasteiger partial charge in [-0.3, -0.25) is 9.59 Å². The maximum Gasteiger partial charge on any atom is 0.254 e. The van der Waals surface area contributed by atoms with Crippen molar-refractivity contribution in [1.29, 1.82) is 0 Å². The van der Waals surface area contributed by atoms with Crippen LogP contribution in [0.25, 0.3) is 5.78 Å². The van der Waals surface area contributed by atoms with E-state index in [1.165, 1.54) is 11.2 Å². The normalized spacial score (nSPS) is 19.3. The van der Waals surface area contributed by atoms with E-state index in [-0.39, 0.29) is 30.5 Å². The average molecular weight is 441 g/mol. The standard InChI is InChI=1S/C21H21F2N7O2/c1-13-6-18(30-21(26-13)24-12-25-30)27-2-4-28(5-3-27)20(32)14-7-19(31)29(11-14)17-9-15(22)8-16(23)10-17/h6,8-10,12,14H,2-5,7,11H2,1H3. The first-order chi connectivity index (χ1) is 15.4. The zero-order valence-electron chi connectivity index (χ0n) is 17.4. The topological polar surface area (TPSA) is 86.9 Å². The van der Waals surface area contributed by atoms with Crippen molar-refractivity contribution >= 4 is 29.1 Å². The Morgan fingerprint density at radius 1 is 1.06 bits per heavy atom. The highest BCUT2D eigenvalue weighted by molar-refractivity contribution is 6.00. The van der Waals surface area contributed by atoms with E-state index in [0.717, 1.165) is 29.7 Å². The van der Waals surface area contributed by atoms with Gasteiger partial charge in [0.25, 0.3) is 5.78 Å². The van der Waals surface area contributed by atoms with E-state index in [1.807, 2.05) is 13.0 Å². The number of amides is 2. The Morgan fingerprint density at radius 2 is 1.78 bits per heavy atom. The molecule has 11 heteroatoms. The molecule has 0 bridgehead atoms. The van der Waals surface area contributed by atoms with Gasteiger partial charge >= 0.3 is 0 Å². The number of piperazine rings is 1. The predicted octanol–water partition coefficient (Wildman–Crippen LogP) is 1.41. The van der Waals surface area contributed by atoms with Crippen molar-refractivity contribution in [3.63, 3.8) is 0 Å². The van der Waals surface area contributed by atoms with Gasteiger partial charge in [0.2, 0.25) is 11.8 Å². The summed E-state index contributed by atoms with van der Waals surface area (Å²) in [5.41, 5.74) is 0.967. The second kappa shape index (κ2) is 7.81. The Morgan fingerprint density at radius 3 is 2.50 bits per heavy atom. The van der Waals surface area contributed by atoms with Gasteiger partial charge < -0.3 is 14.7 Å². The molecule has 0 N–H and O–H groups in total. The number of aryl methyl sites for hydroxylation is 1. The number of carbonyl (C=O) groups is 2. The fourth-order valence-corrected chi connectivity index (χ4v) is 4.37. The minimum absolute atomic E-state index is 0.0281. The number of anilines is 2. The molecule has 2 aliphatic heterocycles. The summed E-state index contributed by atoms with van der Waals surface area (Å²) in [6.45, 7) is 4.20. The number of carbonyl (C=O) groups excluding carboxylic acids is 2. The van der Waals surface area contributed by atoms with Crippen LogP contribution in [0.2, 0.25) is 0 Å². The third-order valence-corrected chi connectivity index (χ3v) is 5.91. The molecule has 2 amide bonds. The first-order valence-electron chi connectivity index (χ1n) is 10.4. The van der Waals surface area contributed by atoms with E-state index < -0.39 is 17.6 Å². The average Bonchev–Trinajstić information content (AvgIpc) is 3.38. The van der Waals surface area contributed by atoms with E-state index in [0.29, 0.717) is 32.0 Å². The lowest BCUT2D eigenvalue weighted by Gasteiger charge is -2.37. The summed E-state index contributed by atoms with van der Waals surface area (Å²) in [6.07, 6.45) is 1.48. The maximum absolute atomic E-state index is 13.6. The number of hydrogen-bond donors (Lipinski definition) is 0. The van der Waals surface area contributed by atoms with E-state index in [9.17, 15) is 18.4 Å². The minimum atomic E-state index is -0.758. The molecule has 4 heterocycles. The van der Waals surface area contributed by atoms with Crippen molar-refractivity contribution in [2.24, 2.45) is 5.92 Å². The lowest BCUT2D eigenvalue weighted by Crippen LogP contribution is -2.51. The molecule has 1 aromatic carbocycles. The van der Waals surface area contributed by atoms with Gasteiger partial charge in [0.1, 0.15) is 23.8 Å². The molecule has 0 aliphatic carbocycles. The Balaban J connectivity index is 1.26. The molecule has 166 valence electrons. The van der Waals surface area contributed by atoms with Crippen LogP contribution in [0.3, 0.4) is 0 Å². The van der Waals surface area contributed by atoms with Gasteiger partial charge in [0.05, 0.1) is 5.92 Å². The van der Waals surface area contributed by atoms with Crippen LogP contribution in [0.15, 0.2) is 30.6 Å². The summed E-state index contributed by atoms with van der Waals surface area (Å²) >= 11 is 0. The number of nitrogens with zero attached hydrogens (tertiary/aromatic N) is 7. The van der Waals surface area contributed by atoms with Crippen molar-refractivity contribution in [2.45, 2.75) is 13.3 Å². The highest BCUT2D eigenvalue weighted by atomic mass is 19.1. The van der Waals surface area contributed by atoms with E-state index >= 15 is 0 Å². The summed E-state index contributed by atoms with van der Waals surface area (Å²) in [4.78, 5) is 39.2. The third-order valence-electron chi connectivity index (χ3n) is 5.91. The number of fused-ring (bicyclic) bond motifs is 1. The van der Waals surface area contributed by atoms with Crippen LogP contribution in [0, 0.1) is 24.5 Å². The molecule has 0 saturated carbocycles. The minimum Gasteiger partial charge on any atom is -0.353 e. The molecule has 32 heavy (non-hydrogen) atoms. The van der Waals surface area contributed by atoms with Gasteiger partial charge in [0.15, 0.2) is 0 Å². The quantitative estimate of drug-likeness (QED) is 0.611. The lowest BCUT2D eigenvalue weighted by molar-refractivity contribution is -0.136. The number of aromatic nitrogens is 4. The van der Waals surface area contributed by atoms with Crippen molar-refractivity contribution in [3.05, 3.63) is 47.9 Å². The SMILES string of the molecule is Cc1cc(N2CCN(C(=O)C3CC(=O)N(c4cc(F)cc(F)c4)C3)CC2)n2ncnc2n1. The van der Waals surface area contributed by atoms with Crippen molar-refractivity contribution in [2.75, 3.05) is 42.5 Å². The smallest absolute Gasteiger partial charge is 0.254 e. The summed E-state index contributed by atoms with van der Waals surface area (Å²) in [6, 6.07) is 4.90. The molecule has 3 aromatic rings. The van der Waals surface area contributed by atoms with Crippen LogP contribution in [0.4, 0.5) is 20.3 Å². The highest BCUT2D eigenvalue weighted by Crippen LogP contribution is 2.28. The third kappa shape index (κ3) is 3.63. The number of halogens is 2. The molecule has 2 saturated heterocycles. The van der Waals surface area contributed by atoms with Gasteiger partial charge in [-0.2, -0.15) is 14.6 Å². The van der Waals surface area contributed by atoms with Crippen LogP contribution in [0.5, 0.6) is 0 Å². The molecule has 1 atom stereocenters. The first kappa shape index (κ1) is 20.3. The van der Waals surface area contributed by atoms with Gasteiger partial charge in [0, 0.05) is 62.7 Å². The molecular formula is C21H21F2N7O2. The number of rotatable bonds is 3. The zero-order valence-corrected chi connectivity index (χ0v) is 17.4.